The predicted molar refractivity (Wildman–Crippen MR) is 115 cm³/mol. The van der Waals surface area contributed by atoms with Gasteiger partial charge in [-0.25, -0.2) is 4.98 Å². The summed E-state index contributed by atoms with van der Waals surface area (Å²) in [5.41, 5.74) is 2.76. The van der Waals surface area contributed by atoms with Crippen LogP contribution in [-0.2, 0) is 0 Å². The first-order valence-corrected chi connectivity index (χ1v) is 10.7. The molecule has 6 heteroatoms. The highest BCUT2D eigenvalue weighted by Crippen LogP contribution is 2.31. The molecule has 1 atom stereocenters. The van der Waals surface area contributed by atoms with Crippen LogP contribution in [0.2, 0.25) is 0 Å². The van der Waals surface area contributed by atoms with Gasteiger partial charge in [0.1, 0.15) is 22.2 Å². The number of ether oxygens (including phenoxy) is 2. The zero-order valence-corrected chi connectivity index (χ0v) is 17.4. The number of rotatable bonds is 6. The van der Waals surface area contributed by atoms with Crippen LogP contribution >= 0.6 is 11.3 Å². The average molecular weight is 409 g/mol. The fourth-order valence-corrected chi connectivity index (χ4v) is 4.42. The zero-order chi connectivity index (χ0) is 20.2. The van der Waals surface area contributed by atoms with Crippen molar-refractivity contribution in [2.45, 2.75) is 19.3 Å². The lowest BCUT2D eigenvalue weighted by Crippen LogP contribution is -2.28. The Morgan fingerprint density at radius 3 is 2.55 bits per heavy atom. The van der Waals surface area contributed by atoms with Crippen molar-refractivity contribution in [3.05, 3.63) is 65.2 Å². The second-order valence-electron chi connectivity index (χ2n) is 7.01. The fraction of sp³-hybridized carbons (Fsp3) is 0.304. The van der Waals surface area contributed by atoms with Crippen LogP contribution in [0.15, 0.2) is 53.9 Å². The molecule has 0 spiro atoms. The van der Waals surface area contributed by atoms with Gasteiger partial charge in [0.25, 0.3) is 5.91 Å². The molecule has 1 amide bonds. The Labute approximate surface area is 174 Å². The van der Waals surface area contributed by atoms with Gasteiger partial charge in [-0.3, -0.25) is 4.79 Å². The lowest BCUT2D eigenvalue weighted by Gasteiger charge is -2.15. The molecular formula is C23H24N2O3S. The van der Waals surface area contributed by atoms with Crippen molar-refractivity contribution in [1.82, 2.24) is 9.88 Å². The summed E-state index contributed by atoms with van der Waals surface area (Å²) >= 11 is 1.50. The molecule has 0 saturated carbocycles. The highest BCUT2D eigenvalue weighted by Gasteiger charge is 2.29. The molecule has 5 nitrogen and oxygen atoms in total. The molecular weight excluding hydrogens is 384 g/mol. The first-order valence-electron chi connectivity index (χ1n) is 9.80. The molecule has 150 valence electrons. The van der Waals surface area contributed by atoms with Crippen molar-refractivity contribution in [1.29, 1.82) is 0 Å². The van der Waals surface area contributed by atoms with Gasteiger partial charge in [-0.15, -0.1) is 11.3 Å². The van der Waals surface area contributed by atoms with Gasteiger partial charge in [0.15, 0.2) is 0 Å². The molecule has 2 aromatic carbocycles. The molecule has 0 N–H and O–H groups in total. The Bertz CT molecular complexity index is 967. The van der Waals surface area contributed by atoms with Crippen molar-refractivity contribution < 1.29 is 14.3 Å². The minimum atomic E-state index is 0.00875. The van der Waals surface area contributed by atoms with Gasteiger partial charge < -0.3 is 14.4 Å². The van der Waals surface area contributed by atoms with Crippen molar-refractivity contribution in [2.75, 3.05) is 26.8 Å². The fourth-order valence-electron chi connectivity index (χ4n) is 3.62. The predicted octanol–water partition coefficient (Wildman–Crippen LogP) is 4.85. The van der Waals surface area contributed by atoms with Crippen LogP contribution in [-0.4, -0.2) is 42.6 Å². The maximum Gasteiger partial charge on any atom is 0.273 e. The van der Waals surface area contributed by atoms with Gasteiger partial charge in [0.2, 0.25) is 0 Å². The summed E-state index contributed by atoms with van der Waals surface area (Å²) in [5, 5.41) is 2.71. The van der Waals surface area contributed by atoms with Crippen LogP contribution in [0.4, 0.5) is 0 Å². The molecule has 1 aromatic heterocycles. The van der Waals surface area contributed by atoms with Crippen molar-refractivity contribution >= 4 is 17.2 Å². The van der Waals surface area contributed by atoms with E-state index in [0.717, 1.165) is 41.6 Å². The molecule has 1 aliphatic rings. The largest absolute Gasteiger partial charge is 0.497 e. The molecule has 2 heterocycles. The minimum Gasteiger partial charge on any atom is -0.497 e. The molecule has 1 aliphatic heterocycles. The summed E-state index contributed by atoms with van der Waals surface area (Å²) in [6, 6.07) is 16.0. The van der Waals surface area contributed by atoms with Gasteiger partial charge in [-0.2, -0.15) is 0 Å². The summed E-state index contributed by atoms with van der Waals surface area (Å²) in [4.78, 5) is 19.4. The van der Waals surface area contributed by atoms with Crippen LogP contribution in [0.5, 0.6) is 11.5 Å². The summed E-state index contributed by atoms with van der Waals surface area (Å²) < 4.78 is 10.7. The van der Waals surface area contributed by atoms with E-state index in [2.05, 4.69) is 17.1 Å². The van der Waals surface area contributed by atoms with Gasteiger partial charge in [0, 0.05) is 30.0 Å². The lowest BCUT2D eigenvalue weighted by molar-refractivity contribution is 0.0786. The Morgan fingerprint density at radius 1 is 1.14 bits per heavy atom. The first-order chi connectivity index (χ1) is 14.2. The number of likely N-dealkylation sites (tertiary alicyclic amines) is 1. The lowest BCUT2D eigenvalue weighted by atomic mass is 9.98. The smallest absolute Gasteiger partial charge is 0.273 e. The van der Waals surface area contributed by atoms with E-state index < -0.39 is 0 Å². The highest BCUT2D eigenvalue weighted by molar-refractivity contribution is 7.13. The van der Waals surface area contributed by atoms with Crippen molar-refractivity contribution in [3.8, 4) is 22.1 Å². The third-order valence-corrected chi connectivity index (χ3v) is 6.09. The van der Waals surface area contributed by atoms with Crippen molar-refractivity contribution in [3.63, 3.8) is 0 Å². The van der Waals surface area contributed by atoms with Crippen LogP contribution in [0.25, 0.3) is 10.6 Å². The normalized spacial score (nSPS) is 16.1. The molecule has 0 bridgehead atoms. The van der Waals surface area contributed by atoms with Crippen LogP contribution in [0, 0.1) is 0 Å². The van der Waals surface area contributed by atoms with E-state index in [1.807, 2.05) is 53.6 Å². The zero-order valence-electron chi connectivity index (χ0n) is 16.6. The van der Waals surface area contributed by atoms with Crippen LogP contribution < -0.4 is 9.47 Å². The van der Waals surface area contributed by atoms with Crippen LogP contribution in [0.3, 0.4) is 0 Å². The molecule has 1 fully saturated rings. The van der Waals surface area contributed by atoms with Crippen LogP contribution in [0.1, 0.15) is 35.3 Å². The molecule has 0 radical (unpaired) electrons. The van der Waals surface area contributed by atoms with E-state index in [0.29, 0.717) is 18.2 Å². The standard InChI is InChI=1S/C23H24N2O3S/c1-3-28-20-10-6-17(7-11-20)22-24-21(15-29-22)23(26)25-13-12-18(14-25)16-4-8-19(27-2)9-5-16/h4-11,15,18H,3,12-14H2,1-2H3. The van der Waals surface area contributed by atoms with E-state index in [4.69, 9.17) is 9.47 Å². The van der Waals surface area contributed by atoms with E-state index in [9.17, 15) is 4.79 Å². The second-order valence-corrected chi connectivity index (χ2v) is 7.86. The summed E-state index contributed by atoms with van der Waals surface area (Å²) in [6.45, 7) is 4.08. The Balaban J connectivity index is 1.42. The van der Waals surface area contributed by atoms with Crippen molar-refractivity contribution in [2.24, 2.45) is 0 Å². The first kappa shape index (κ1) is 19.5. The summed E-state index contributed by atoms with van der Waals surface area (Å²) in [6.07, 6.45) is 0.966. The Morgan fingerprint density at radius 2 is 1.86 bits per heavy atom. The maximum absolute atomic E-state index is 12.9. The summed E-state index contributed by atoms with van der Waals surface area (Å²) in [5.74, 6) is 2.05. The van der Waals surface area contributed by atoms with E-state index in [1.165, 1.54) is 16.9 Å². The number of hydrogen-bond acceptors (Lipinski definition) is 5. The number of carbonyl (C=O) groups is 1. The Hall–Kier alpha value is -2.86. The van der Waals surface area contributed by atoms with Gasteiger partial charge in [-0.1, -0.05) is 12.1 Å². The SMILES string of the molecule is CCOc1ccc(-c2nc(C(=O)N3CCC(c4ccc(OC)cc4)C3)cs2)cc1. The number of nitrogens with zero attached hydrogens (tertiary/aromatic N) is 2. The molecule has 1 unspecified atom stereocenters. The van der Waals surface area contributed by atoms with Gasteiger partial charge in [0.05, 0.1) is 13.7 Å². The number of hydrogen-bond donors (Lipinski definition) is 0. The molecule has 1 saturated heterocycles. The van der Waals surface area contributed by atoms with E-state index >= 15 is 0 Å². The third-order valence-electron chi connectivity index (χ3n) is 5.20. The molecule has 0 aliphatic carbocycles. The maximum atomic E-state index is 12.9. The van der Waals surface area contributed by atoms with Gasteiger partial charge >= 0.3 is 0 Å². The molecule has 3 aromatic rings. The summed E-state index contributed by atoms with van der Waals surface area (Å²) in [7, 11) is 1.67. The Kier molecular flexibility index (Phi) is 5.81. The molecule has 29 heavy (non-hydrogen) atoms. The monoisotopic (exact) mass is 408 g/mol. The number of carbonyl (C=O) groups excluding carboxylic acids is 1. The number of thiazole rings is 1. The number of aromatic nitrogens is 1. The number of methoxy groups -OCH3 is 1. The minimum absolute atomic E-state index is 0.00875. The highest BCUT2D eigenvalue weighted by atomic mass is 32.1. The van der Waals surface area contributed by atoms with Gasteiger partial charge in [-0.05, 0) is 55.3 Å². The number of amides is 1. The van der Waals surface area contributed by atoms with E-state index in [-0.39, 0.29) is 5.91 Å². The topological polar surface area (TPSA) is 51.7 Å². The third kappa shape index (κ3) is 4.27. The van der Waals surface area contributed by atoms with E-state index in [1.54, 1.807) is 7.11 Å². The quantitative estimate of drug-likeness (QED) is 0.585. The average Bonchev–Trinajstić information content (AvgIpc) is 3.45. The number of benzene rings is 2. The second kappa shape index (κ2) is 8.66. The molecule has 4 rings (SSSR count).